The molecule has 1 aliphatic heterocycles. The summed E-state index contributed by atoms with van der Waals surface area (Å²) in [5, 5.41) is 2.93. The first-order valence-corrected chi connectivity index (χ1v) is 8.72. The minimum Gasteiger partial charge on any atom is -0.376 e. The highest BCUT2D eigenvalue weighted by Gasteiger charge is 2.28. The van der Waals surface area contributed by atoms with Gasteiger partial charge in [0.1, 0.15) is 6.04 Å². The average Bonchev–Trinajstić information content (AvgIpc) is 3.10. The second-order valence-electron chi connectivity index (χ2n) is 6.66. The van der Waals surface area contributed by atoms with Gasteiger partial charge in [0, 0.05) is 25.6 Å². The van der Waals surface area contributed by atoms with Crippen LogP contribution in [0.15, 0.2) is 30.3 Å². The van der Waals surface area contributed by atoms with E-state index < -0.39 is 6.04 Å². The smallest absolute Gasteiger partial charge is 0.242 e. The van der Waals surface area contributed by atoms with Gasteiger partial charge in [-0.3, -0.25) is 9.59 Å². The maximum absolute atomic E-state index is 12.6. The molecule has 0 bridgehead atoms. The van der Waals surface area contributed by atoms with Gasteiger partial charge in [-0.2, -0.15) is 0 Å². The van der Waals surface area contributed by atoms with Crippen molar-refractivity contribution < 1.29 is 14.3 Å². The number of amides is 2. The maximum Gasteiger partial charge on any atom is 0.242 e. The predicted octanol–water partition coefficient (Wildman–Crippen LogP) is 2.35. The molecular weight excluding hydrogens is 304 g/mol. The third-order valence-corrected chi connectivity index (χ3v) is 4.35. The fraction of sp³-hybridized carbons (Fsp3) is 0.579. The van der Waals surface area contributed by atoms with E-state index in [0.29, 0.717) is 13.1 Å². The Kier molecular flexibility index (Phi) is 6.79. The second kappa shape index (κ2) is 8.83. The lowest BCUT2D eigenvalue weighted by molar-refractivity contribution is -0.143. The van der Waals surface area contributed by atoms with Crippen LogP contribution in [0.1, 0.15) is 39.2 Å². The number of nitrogens with zero attached hydrogens (tertiary/aromatic N) is 1. The standard InChI is InChI=1S/C19H28N2O3/c1-14(2)19(23)21(13-16-8-5-4-6-9-16)15(3)18(22)20-12-17-10-7-11-24-17/h4-6,8-9,14-15,17H,7,10-13H2,1-3H3,(H,20,22)/t15-,17-/m0/s1. The van der Waals surface area contributed by atoms with E-state index in [-0.39, 0.29) is 23.8 Å². The molecule has 2 amide bonds. The molecule has 1 aliphatic rings. The van der Waals surface area contributed by atoms with Gasteiger partial charge in [0.15, 0.2) is 0 Å². The number of carbonyl (C=O) groups is 2. The van der Waals surface area contributed by atoms with Crippen molar-refractivity contribution in [3.63, 3.8) is 0 Å². The summed E-state index contributed by atoms with van der Waals surface area (Å²) in [5.74, 6) is -0.295. The molecule has 0 radical (unpaired) electrons. The Morgan fingerprint density at radius 1 is 1.25 bits per heavy atom. The molecule has 132 valence electrons. The van der Waals surface area contributed by atoms with Gasteiger partial charge in [0.05, 0.1) is 6.10 Å². The van der Waals surface area contributed by atoms with Crippen LogP contribution < -0.4 is 5.32 Å². The zero-order chi connectivity index (χ0) is 17.5. The molecular formula is C19H28N2O3. The third-order valence-electron chi connectivity index (χ3n) is 4.35. The van der Waals surface area contributed by atoms with Crippen LogP contribution in [0.5, 0.6) is 0 Å². The molecule has 1 aromatic rings. The monoisotopic (exact) mass is 332 g/mol. The van der Waals surface area contributed by atoms with E-state index in [1.165, 1.54) is 0 Å². The van der Waals surface area contributed by atoms with E-state index in [9.17, 15) is 9.59 Å². The topological polar surface area (TPSA) is 58.6 Å². The summed E-state index contributed by atoms with van der Waals surface area (Å²) in [6.07, 6.45) is 2.12. The lowest BCUT2D eigenvalue weighted by atomic mass is 10.1. The van der Waals surface area contributed by atoms with Crippen molar-refractivity contribution in [1.29, 1.82) is 0 Å². The Morgan fingerprint density at radius 2 is 1.96 bits per heavy atom. The molecule has 1 saturated heterocycles. The zero-order valence-electron chi connectivity index (χ0n) is 14.8. The van der Waals surface area contributed by atoms with Crippen molar-refractivity contribution >= 4 is 11.8 Å². The Labute approximate surface area is 144 Å². The number of ether oxygens (including phenoxy) is 1. The summed E-state index contributed by atoms with van der Waals surface area (Å²) in [7, 11) is 0. The van der Waals surface area contributed by atoms with Gasteiger partial charge in [-0.05, 0) is 25.3 Å². The minimum atomic E-state index is -0.512. The van der Waals surface area contributed by atoms with Crippen LogP contribution in [-0.4, -0.2) is 42.0 Å². The number of benzene rings is 1. The van der Waals surface area contributed by atoms with Gasteiger partial charge < -0.3 is 15.0 Å². The van der Waals surface area contributed by atoms with Gasteiger partial charge in [-0.25, -0.2) is 0 Å². The van der Waals surface area contributed by atoms with Crippen molar-refractivity contribution in [2.45, 2.75) is 52.3 Å². The van der Waals surface area contributed by atoms with Crippen molar-refractivity contribution in [3.8, 4) is 0 Å². The van der Waals surface area contributed by atoms with E-state index in [4.69, 9.17) is 4.74 Å². The molecule has 5 heteroatoms. The van der Waals surface area contributed by atoms with Crippen LogP contribution in [-0.2, 0) is 20.9 Å². The van der Waals surface area contributed by atoms with Gasteiger partial charge >= 0.3 is 0 Å². The predicted molar refractivity (Wildman–Crippen MR) is 93.3 cm³/mol. The molecule has 1 heterocycles. The fourth-order valence-electron chi connectivity index (χ4n) is 2.83. The molecule has 1 fully saturated rings. The summed E-state index contributed by atoms with van der Waals surface area (Å²) in [4.78, 5) is 26.7. The first kappa shape index (κ1) is 18.5. The van der Waals surface area contributed by atoms with E-state index in [1.54, 1.807) is 11.8 Å². The number of carbonyl (C=O) groups excluding carboxylic acids is 2. The van der Waals surface area contributed by atoms with Gasteiger partial charge in [-0.15, -0.1) is 0 Å². The number of hydrogen-bond acceptors (Lipinski definition) is 3. The normalized spacial score (nSPS) is 18.4. The number of hydrogen-bond donors (Lipinski definition) is 1. The van der Waals surface area contributed by atoms with Crippen LogP contribution in [0.2, 0.25) is 0 Å². The Bertz CT molecular complexity index is 539. The molecule has 0 aromatic heterocycles. The zero-order valence-corrected chi connectivity index (χ0v) is 14.8. The van der Waals surface area contributed by atoms with Crippen molar-refractivity contribution in [3.05, 3.63) is 35.9 Å². The first-order chi connectivity index (χ1) is 11.5. The van der Waals surface area contributed by atoms with Gasteiger partial charge in [-0.1, -0.05) is 44.2 Å². The lowest BCUT2D eigenvalue weighted by Gasteiger charge is -2.30. The van der Waals surface area contributed by atoms with Crippen LogP contribution in [0.25, 0.3) is 0 Å². The second-order valence-corrected chi connectivity index (χ2v) is 6.66. The first-order valence-electron chi connectivity index (χ1n) is 8.72. The molecule has 2 atom stereocenters. The minimum absolute atomic E-state index is 0.0152. The van der Waals surface area contributed by atoms with Crippen LogP contribution in [0.4, 0.5) is 0 Å². The molecule has 5 nitrogen and oxygen atoms in total. The summed E-state index contributed by atoms with van der Waals surface area (Å²) >= 11 is 0. The highest BCUT2D eigenvalue weighted by atomic mass is 16.5. The van der Waals surface area contributed by atoms with Crippen LogP contribution >= 0.6 is 0 Å². The summed E-state index contributed by atoms with van der Waals surface area (Å²) in [6.45, 7) is 7.22. The van der Waals surface area contributed by atoms with E-state index in [2.05, 4.69) is 5.32 Å². The third kappa shape index (κ3) is 5.06. The average molecular weight is 332 g/mol. The summed E-state index contributed by atoms with van der Waals surface area (Å²) in [6, 6.07) is 9.25. The molecule has 0 saturated carbocycles. The fourth-order valence-corrected chi connectivity index (χ4v) is 2.83. The van der Waals surface area contributed by atoms with E-state index in [0.717, 1.165) is 25.0 Å². The van der Waals surface area contributed by atoms with Crippen molar-refractivity contribution in [1.82, 2.24) is 10.2 Å². The van der Waals surface area contributed by atoms with E-state index >= 15 is 0 Å². The number of nitrogens with one attached hydrogen (secondary N) is 1. The molecule has 24 heavy (non-hydrogen) atoms. The largest absolute Gasteiger partial charge is 0.376 e. The van der Waals surface area contributed by atoms with Gasteiger partial charge in [0.25, 0.3) is 0 Å². The van der Waals surface area contributed by atoms with Crippen molar-refractivity contribution in [2.75, 3.05) is 13.2 Å². The van der Waals surface area contributed by atoms with Crippen LogP contribution in [0, 0.1) is 5.92 Å². The highest BCUT2D eigenvalue weighted by molar-refractivity contribution is 5.88. The molecule has 1 N–H and O–H groups in total. The lowest BCUT2D eigenvalue weighted by Crippen LogP contribution is -2.50. The summed E-state index contributed by atoms with van der Waals surface area (Å²) in [5.41, 5.74) is 1.02. The Balaban J connectivity index is 2.01. The summed E-state index contributed by atoms with van der Waals surface area (Å²) < 4.78 is 5.53. The molecule has 0 aliphatic carbocycles. The Morgan fingerprint density at radius 3 is 2.54 bits per heavy atom. The molecule has 0 unspecified atom stereocenters. The van der Waals surface area contributed by atoms with Gasteiger partial charge in [0.2, 0.25) is 11.8 Å². The number of rotatable bonds is 7. The molecule has 1 aromatic carbocycles. The van der Waals surface area contributed by atoms with E-state index in [1.807, 2.05) is 44.2 Å². The van der Waals surface area contributed by atoms with Crippen molar-refractivity contribution in [2.24, 2.45) is 5.92 Å². The quantitative estimate of drug-likeness (QED) is 0.834. The molecule has 2 rings (SSSR count). The molecule has 0 spiro atoms. The maximum atomic E-state index is 12.6. The van der Waals surface area contributed by atoms with Crippen LogP contribution in [0.3, 0.4) is 0 Å². The SMILES string of the molecule is CC(C)C(=O)N(Cc1ccccc1)[C@@H](C)C(=O)NC[C@@H]1CCCO1. The highest BCUT2D eigenvalue weighted by Crippen LogP contribution is 2.14. The Hall–Kier alpha value is -1.88.